The van der Waals surface area contributed by atoms with Crippen LogP contribution in [-0.4, -0.2) is 72.0 Å². The number of piperazine rings is 1. The fraction of sp³-hybridized carbons (Fsp3) is 0.462. The number of pyridine rings is 1. The molecule has 0 aliphatic carbocycles. The van der Waals surface area contributed by atoms with E-state index in [0.717, 1.165) is 57.1 Å². The summed E-state index contributed by atoms with van der Waals surface area (Å²) in [4.78, 5) is 7.63. The lowest BCUT2D eigenvalue weighted by Crippen LogP contribution is -2.51. The number of anilines is 2. The molecule has 1 N–H and O–H groups in total. The molecule has 1 aromatic carbocycles. The quantitative estimate of drug-likeness (QED) is 0.635. The van der Waals surface area contributed by atoms with Crippen molar-refractivity contribution in [1.82, 2.24) is 19.8 Å². The summed E-state index contributed by atoms with van der Waals surface area (Å²) >= 11 is 0. The maximum atomic E-state index is 9.45. The molecule has 8 nitrogen and oxygen atoms in total. The van der Waals surface area contributed by atoms with E-state index < -0.39 is 0 Å². The maximum absolute atomic E-state index is 9.45. The average Bonchev–Trinajstić information content (AvgIpc) is 3.37. The van der Waals surface area contributed by atoms with E-state index >= 15 is 0 Å². The van der Waals surface area contributed by atoms with Crippen LogP contribution in [0.5, 0.6) is 0 Å². The van der Waals surface area contributed by atoms with Gasteiger partial charge in [-0.1, -0.05) is 6.07 Å². The Morgan fingerprint density at radius 3 is 2.88 bits per heavy atom. The number of fused-ring (bicyclic) bond motifs is 8. The molecule has 4 saturated heterocycles. The Hall–Kier alpha value is -3.12. The Balaban J connectivity index is 1.19. The third-order valence-corrected chi connectivity index (χ3v) is 8.07. The number of ether oxygens (including phenoxy) is 1. The SMILES string of the molecule is C[C@@H]1CN(c2ccc(C#N)n3nccc23)C[C@@H]2c3ccc(N4CC5COC(CN5)C4)cc3CN12. The summed E-state index contributed by atoms with van der Waals surface area (Å²) in [5.74, 6) is 0. The third kappa shape index (κ3) is 3.12. The second-order valence-corrected chi connectivity index (χ2v) is 10.1. The number of hydrogen-bond acceptors (Lipinski definition) is 7. The zero-order valence-corrected chi connectivity index (χ0v) is 19.4. The molecule has 34 heavy (non-hydrogen) atoms. The number of morpholine rings is 1. The van der Waals surface area contributed by atoms with Crippen LogP contribution in [0.1, 0.15) is 29.8 Å². The van der Waals surface area contributed by atoms with Crippen LogP contribution in [0.25, 0.3) is 5.52 Å². The second-order valence-electron chi connectivity index (χ2n) is 10.1. The molecule has 2 bridgehead atoms. The van der Waals surface area contributed by atoms with E-state index in [1.165, 1.54) is 16.8 Å². The number of hydrogen-bond donors (Lipinski definition) is 1. The first-order valence-electron chi connectivity index (χ1n) is 12.3. The highest BCUT2D eigenvalue weighted by Gasteiger charge is 2.40. The van der Waals surface area contributed by atoms with Gasteiger partial charge in [-0.05, 0) is 48.4 Å². The third-order valence-electron chi connectivity index (χ3n) is 8.07. The smallest absolute Gasteiger partial charge is 0.142 e. The van der Waals surface area contributed by atoms with Gasteiger partial charge < -0.3 is 19.9 Å². The Bertz CT molecular complexity index is 1270. The van der Waals surface area contributed by atoms with Gasteiger partial charge in [0.25, 0.3) is 0 Å². The van der Waals surface area contributed by atoms with E-state index in [2.05, 4.69) is 62.4 Å². The van der Waals surface area contributed by atoms with Gasteiger partial charge in [0.15, 0.2) is 0 Å². The van der Waals surface area contributed by atoms with Crippen LogP contribution in [0.2, 0.25) is 0 Å². The lowest BCUT2D eigenvalue weighted by molar-refractivity contribution is 0.0259. The van der Waals surface area contributed by atoms with Crippen molar-refractivity contribution >= 4 is 16.9 Å². The van der Waals surface area contributed by atoms with Crippen LogP contribution in [0.4, 0.5) is 11.4 Å². The predicted octanol–water partition coefficient (Wildman–Crippen LogP) is 2.15. The van der Waals surface area contributed by atoms with Crippen LogP contribution in [-0.2, 0) is 11.3 Å². The van der Waals surface area contributed by atoms with E-state index in [1.807, 2.05) is 12.1 Å². The standard InChI is InChI=1S/C26H29N7O/c1-17-11-31(24-5-3-21(9-27)33-25(24)6-7-29-33)15-26-23-4-2-20(8-18(23)12-32(17)26)30-13-19-16-34-22(14-30)10-28-19/h2-8,17,19,22,26,28H,10-16H2,1H3/t17-,19?,22?,26-/m1/s1. The lowest BCUT2D eigenvalue weighted by atomic mass is 10.0. The fourth-order valence-electron chi connectivity index (χ4n) is 6.36. The van der Waals surface area contributed by atoms with Gasteiger partial charge in [-0.25, -0.2) is 4.52 Å². The van der Waals surface area contributed by atoms with Crippen molar-refractivity contribution in [2.24, 2.45) is 0 Å². The number of nitrogens with zero attached hydrogens (tertiary/aromatic N) is 6. The highest BCUT2D eigenvalue weighted by Crippen LogP contribution is 2.42. The van der Waals surface area contributed by atoms with Gasteiger partial charge in [-0.3, -0.25) is 4.90 Å². The summed E-state index contributed by atoms with van der Waals surface area (Å²) in [5, 5.41) is 17.4. The van der Waals surface area contributed by atoms with Crippen molar-refractivity contribution in [1.29, 1.82) is 5.26 Å². The summed E-state index contributed by atoms with van der Waals surface area (Å²) in [6.45, 7) is 8.97. The van der Waals surface area contributed by atoms with Gasteiger partial charge in [0.05, 0.1) is 36.2 Å². The van der Waals surface area contributed by atoms with Crippen molar-refractivity contribution in [3.63, 3.8) is 0 Å². The highest BCUT2D eigenvalue weighted by atomic mass is 16.5. The molecule has 4 fully saturated rings. The average molecular weight is 456 g/mol. The van der Waals surface area contributed by atoms with Gasteiger partial charge >= 0.3 is 0 Å². The van der Waals surface area contributed by atoms with Crippen molar-refractivity contribution in [3.05, 3.63) is 59.4 Å². The molecule has 0 spiro atoms. The van der Waals surface area contributed by atoms with E-state index in [1.54, 1.807) is 10.7 Å². The number of benzene rings is 1. The van der Waals surface area contributed by atoms with E-state index in [-0.39, 0.29) is 6.10 Å². The highest BCUT2D eigenvalue weighted by molar-refractivity contribution is 5.74. The minimum atomic E-state index is 0.278. The van der Waals surface area contributed by atoms with E-state index in [0.29, 0.717) is 23.8 Å². The first-order chi connectivity index (χ1) is 16.7. The molecule has 5 aliphatic rings. The molecule has 2 unspecified atom stereocenters. The number of rotatable bonds is 2. The zero-order valence-electron chi connectivity index (χ0n) is 19.4. The summed E-state index contributed by atoms with van der Waals surface area (Å²) in [5.41, 5.74) is 6.94. The Labute approximate surface area is 199 Å². The largest absolute Gasteiger partial charge is 0.373 e. The lowest BCUT2D eigenvalue weighted by Gasteiger charge is -2.43. The van der Waals surface area contributed by atoms with Crippen LogP contribution < -0.4 is 15.1 Å². The molecule has 7 heterocycles. The van der Waals surface area contributed by atoms with Gasteiger partial charge in [-0.15, -0.1) is 0 Å². The molecule has 0 amide bonds. The molecule has 5 aliphatic heterocycles. The van der Waals surface area contributed by atoms with E-state index in [4.69, 9.17) is 4.74 Å². The van der Waals surface area contributed by atoms with Gasteiger partial charge in [0, 0.05) is 57.0 Å². The molecule has 8 rings (SSSR count). The number of nitrogens with one attached hydrogen (secondary N) is 1. The maximum Gasteiger partial charge on any atom is 0.142 e. The molecular weight excluding hydrogens is 426 g/mol. The Morgan fingerprint density at radius 1 is 1.09 bits per heavy atom. The first kappa shape index (κ1) is 20.3. The fourth-order valence-corrected chi connectivity index (χ4v) is 6.36. The molecule has 0 radical (unpaired) electrons. The van der Waals surface area contributed by atoms with Gasteiger partial charge in [-0.2, -0.15) is 10.4 Å². The number of nitriles is 1. The molecule has 4 atom stereocenters. The summed E-state index contributed by atoms with van der Waals surface area (Å²) in [6.07, 6.45) is 2.06. The molecular formula is C26H29N7O. The molecule has 8 heteroatoms. The number of aromatic nitrogens is 2. The second kappa shape index (κ2) is 7.70. The topological polar surface area (TPSA) is 72.1 Å². The van der Waals surface area contributed by atoms with Crippen molar-refractivity contribution in [2.45, 2.75) is 37.7 Å². The molecule has 0 saturated carbocycles. The van der Waals surface area contributed by atoms with Gasteiger partial charge in [0.2, 0.25) is 0 Å². The minimum Gasteiger partial charge on any atom is -0.373 e. The van der Waals surface area contributed by atoms with Crippen molar-refractivity contribution < 1.29 is 4.74 Å². The zero-order chi connectivity index (χ0) is 22.8. The Kier molecular flexibility index (Phi) is 4.59. The molecule has 3 aromatic rings. The summed E-state index contributed by atoms with van der Waals surface area (Å²) < 4.78 is 7.75. The monoisotopic (exact) mass is 455 g/mol. The van der Waals surface area contributed by atoms with Crippen LogP contribution >= 0.6 is 0 Å². The molecule has 2 aromatic heterocycles. The van der Waals surface area contributed by atoms with Crippen LogP contribution in [0.3, 0.4) is 0 Å². The van der Waals surface area contributed by atoms with Crippen LogP contribution in [0, 0.1) is 11.3 Å². The van der Waals surface area contributed by atoms with E-state index in [9.17, 15) is 5.26 Å². The summed E-state index contributed by atoms with van der Waals surface area (Å²) in [6, 6.07) is 16.5. The van der Waals surface area contributed by atoms with Crippen molar-refractivity contribution in [2.75, 3.05) is 49.1 Å². The normalized spacial score (nSPS) is 28.6. The molecule has 174 valence electrons. The van der Waals surface area contributed by atoms with Gasteiger partial charge in [0.1, 0.15) is 11.8 Å². The first-order valence-corrected chi connectivity index (χ1v) is 12.3. The van der Waals surface area contributed by atoms with Crippen LogP contribution in [0.15, 0.2) is 42.6 Å². The predicted molar refractivity (Wildman–Crippen MR) is 130 cm³/mol. The van der Waals surface area contributed by atoms with Crippen molar-refractivity contribution in [3.8, 4) is 6.07 Å². The Morgan fingerprint density at radius 2 is 2.03 bits per heavy atom. The minimum absolute atomic E-state index is 0.278. The summed E-state index contributed by atoms with van der Waals surface area (Å²) in [7, 11) is 0.